The molecule has 4 nitrogen and oxygen atoms in total. The lowest BCUT2D eigenvalue weighted by Gasteiger charge is -2.26. The number of aliphatic hydroxyl groups is 1. The van der Waals surface area contributed by atoms with Crippen LogP contribution in [0.15, 0.2) is 84.4 Å². The van der Waals surface area contributed by atoms with Crippen LogP contribution in [0.3, 0.4) is 0 Å². The number of aliphatic hydroxyl groups excluding tert-OH is 1. The fourth-order valence-corrected chi connectivity index (χ4v) is 3.63. The Morgan fingerprint density at radius 1 is 0.897 bits per heavy atom. The predicted octanol–water partition coefficient (Wildman–Crippen LogP) is 4.76. The summed E-state index contributed by atoms with van der Waals surface area (Å²) >= 11 is 0. The van der Waals surface area contributed by atoms with Crippen LogP contribution < -0.4 is 4.90 Å². The standard InChI is InChI=1S/C24H18FNO3/c1-15-7-5-6-10-19(15)26-21(16-8-3-2-4-9-16)20(23(28)24(26)29)22(27)17-11-13-18(25)14-12-17/h2-14,21,27H,1H3/b22-20+. The largest absolute Gasteiger partial charge is 0.507 e. The third-order valence-corrected chi connectivity index (χ3v) is 5.05. The second kappa shape index (κ2) is 7.36. The molecule has 0 bridgehead atoms. The highest BCUT2D eigenvalue weighted by Gasteiger charge is 2.47. The molecule has 1 heterocycles. The summed E-state index contributed by atoms with van der Waals surface area (Å²) in [6, 6.07) is 20.7. The second-order valence-corrected chi connectivity index (χ2v) is 6.87. The lowest BCUT2D eigenvalue weighted by atomic mass is 9.95. The Morgan fingerprint density at radius 3 is 2.17 bits per heavy atom. The number of carbonyl (C=O) groups is 2. The van der Waals surface area contributed by atoms with Crippen molar-refractivity contribution in [3.63, 3.8) is 0 Å². The van der Waals surface area contributed by atoms with Gasteiger partial charge in [0.1, 0.15) is 11.6 Å². The number of aryl methyl sites for hydroxylation is 1. The monoisotopic (exact) mass is 387 g/mol. The molecule has 3 aromatic carbocycles. The first kappa shape index (κ1) is 18.6. The number of carbonyl (C=O) groups excluding carboxylic acids is 2. The molecule has 1 atom stereocenters. The van der Waals surface area contributed by atoms with Crippen LogP contribution >= 0.6 is 0 Å². The average molecular weight is 387 g/mol. The summed E-state index contributed by atoms with van der Waals surface area (Å²) in [5, 5.41) is 10.9. The quantitative estimate of drug-likeness (QED) is 0.400. The number of anilines is 1. The van der Waals surface area contributed by atoms with E-state index in [0.29, 0.717) is 11.3 Å². The van der Waals surface area contributed by atoms with Crippen molar-refractivity contribution in [3.8, 4) is 0 Å². The molecule has 1 fully saturated rings. The van der Waals surface area contributed by atoms with Crippen LogP contribution in [0.4, 0.5) is 10.1 Å². The average Bonchev–Trinajstić information content (AvgIpc) is 3.00. The van der Waals surface area contributed by atoms with Gasteiger partial charge in [-0.25, -0.2) is 4.39 Å². The number of para-hydroxylation sites is 1. The number of hydrogen-bond acceptors (Lipinski definition) is 3. The molecule has 1 N–H and O–H groups in total. The molecule has 1 aliphatic heterocycles. The van der Waals surface area contributed by atoms with Crippen LogP contribution in [0, 0.1) is 12.7 Å². The zero-order valence-electron chi connectivity index (χ0n) is 15.7. The summed E-state index contributed by atoms with van der Waals surface area (Å²) in [6.07, 6.45) is 0. The first-order chi connectivity index (χ1) is 14.0. The summed E-state index contributed by atoms with van der Waals surface area (Å²) in [6.45, 7) is 1.86. The Balaban J connectivity index is 1.96. The molecule has 0 aliphatic carbocycles. The van der Waals surface area contributed by atoms with E-state index in [4.69, 9.17) is 0 Å². The maximum absolute atomic E-state index is 13.3. The summed E-state index contributed by atoms with van der Waals surface area (Å²) in [5.41, 5.74) is 2.38. The number of Topliss-reactive ketones (excluding diaryl/α,β-unsaturated/α-hetero) is 1. The molecule has 1 aliphatic rings. The van der Waals surface area contributed by atoms with Crippen molar-refractivity contribution in [2.75, 3.05) is 4.90 Å². The van der Waals surface area contributed by atoms with Gasteiger partial charge in [-0.15, -0.1) is 0 Å². The highest BCUT2D eigenvalue weighted by molar-refractivity contribution is 6.51. The Morgan fingerprint density at radius 2 is 1.52 bits per heavy atom. The van der Waals surface area contributed by atoms with Crippen LogP contribution in [0.1, 0.15) is 22.7 Å². The molecular weight excluding hydrogens is 369 g/mol. The Hall–Kier alpha value is -3.73. The first-order valence-corrected chi connectivity index (χ1v) is 9.16. The van der Waals surface area contributed by atoms with Gasteiger partial charge in [0.25, 0.3) is 11.7 Å². The third-order valence-electron chi connectivity index (χ3n) is 5.05. The predicted molar refractivity (Wildman–Crippen MR) is 109 cm³/mol. The Kier molecular flexibility index (Phi) is 4.72. The van der Waals surface area contributed by atoms with Crippen LogP contribution in [-0.2, 0) is 9.59 Å². The number of ketones is 1. The second-order valence-electron chi connectivity index (χ2n) is 6.87. The van der Waals surface area contributed by atoms with E-state index in [-0.39, 0.29) is 16.9 Å². The van der Waals surface area contributed by atoms with Crippen molar-refractivity contribution in [2.24, 2.45) is 0 Å². The fourth-order valence-electron chi connectivity index (χ4n) is 3.63. The summed E-state index contributed by atoms with van der Waals surface area (Å²) < 4.78 is 13.3. The Labute approximate surface area is 167 Å². The summed E-state index contributed by atoms with van der Waals surface area (Å²) in [5.74, 6) is -2.27. The number of hydrogen-bond donors (Lipinski definition) is 1. The van der Waals surface area contributed by atoms with Crippen LogP contribution in [-0.4, -0.2) is 16.8 Å². The zero-order chi connectivity index (χ0) is 20.5. The number of rotatable bonds is 3. The minimum absolute atomic E-state index is 0.0175. The van der Waals surface area contributed by atoms with Crippen LogP contribution in [0.5, 0.6) is 0 Å². The number of benzene rings is 3. The van der Waals surface area contributed by atoms with Gasteiger partial charge in [-0.05, 0) is 48.4 Å². The van der Waals surface area contributed by atoms with E-state index in [9.17, 15) is 19.1 Å². The van der Waals surface area contributed by atoms with E-state index in [2.05, 4.69) is 0 Å². The smallest absolute Gasteiger partial charge is 0.300 e. The van der Waals surface area contributed by atoms with Crippen molar-refractivity contribution in [1.82, 2.24) is 0 Å². The van der Waals surface area contributed by atoms with Crippen molar-refractivity contribution >= 4 is 23.1 Å². The first-order valence-electron chi connectivity index (χ1n) is 9.16. The summed E-state index contributed by atoms with van der Waals surface area (Å²) in [4.78, 5) is 27.4. The van der Waals surface area contributed by atoms with Crippen LogP contribution in [0.2, 0.25) is 0 Å². The SMILES string of the molecule is Cc1ccccc1N1C(=O)C(=O)/C(=C(/O)c2ccc(F)cc2)C1c1ccccc1. The highest BCUT2D eigenvalue weighted by Crippen LogP contribution is 2.42. The molecule has 0 saturated carbocycles. The van der Waals surface area contributed by atoms with Crippen molar-refractivity contribution in [2.45, 2.75) is 13.0 Å². The van der Waals surface area contributed by atoms with E-state index in [0.717, 1.165) is 5.56 Å². The molecule has 29 heavy (non-hydrogen) atoms. The van der Waals surface area contributed by atoms with E-state index >= 15 is 0 Å². The third kappa shape index (κ3) is 3.21. The molecule has 0 spiro atoms. The Bertz CT molecular complexity index is 1120. The molecule has 1 unspecified atom stereocenters. The van der Waals surface area contributed by atoms with Gasteiger partial charge in [-0.2, -0.15) is 0 Å². The number of amides is 1. The minimum atomic E-state index is -0.789. The van der Waals surface area contributed by atoms with Gasteiger partial charge in [0.15, 0.2) is 0 Å². The molecule has 1 amide bonds. The summed E-state index contributed by atoms with van der Waals surface area (Å²) in [7, 11) is 0. The van der Waals surface area contributed by atoms with E-state index < -0.39 is 23.5 Å². The van der Waals surface area contributed by atoms with Crippen LogP contribution in [0.25, 0.3) is 5.76 Å². The highest BCUT2D eigenvalue weighted by atomic mass is 19.1. The van der Waals surface area contributed by atoms with Crippen molar-refractivity contribution < 1.29 is 19.1 Å². The van der Waals surface area contributed by atoms with Gasteiger partial charge in [0.2, 0.25) is 0 Å². The van der Waals surface area contributed by atoms with Crippen molar-refractivity contribution in [3.05, 3.63) is 107 Å². The molecular formula is C24H18FNO3. The van der Waals surface area contributed by atoms with Gasteiger partial charge in [-0.3, -0.25) is 14.5 Å². The van der Waals surface area contributed by atoms with Gasteiger partial charge in [0, 0.05) is 11.3 Å². The zero-order valence-corrected chi connectivity index (χ0v) is 15.7. The van der Waals surface area contributed by atoms with Gasteiger partial charge < -0.3 is 5.11 Å². The van der Waals surface area contributed by atoms with Gasteiger partial charge >= 0.3 is 0 Å². The van der Waals surface area contributed by atoms with Gasteiger partial charge in [-0.1, -0.05) is 48.5 Å². The number of halogens is 1. The molecule has 0 radical (unpaired) electrons. The lowest BCUT2D eigenvalue weighted by Crippen LogP contribution is -2.30. The van der Waals surface area contributed by atoms with Gasteiger partial charge in [0.05, 0.1) is 11.6 Å². The molecule has 1 saturated heterocycles. The lowest BCUT2D eigenvalue weighted by molar-refractivity contribution is -0.132. The number of nitrogens with zero attached hydrogens (tertiary/aromatic N) is 1. The maximum Gasteiger partial charge on any atom is 0.300 e. The van der Waals surface area contributed by atoms with E-state index in [1.807, 2.05) is 37.3 Å². The normalized spacial score (nSPS) is 18.3. The molecule has 5 heteroatoms. The minimum Gasteiger partial charge on any atom is -0.507 e. The molecule has 0 aromatic heterocycles. The molecule has 144 valence electrons. The van der Waals surface area contributed by atoms with Crippen molar-refractivity contribution in [1.29, 1.82) is 0 Å². The molecule has 3 aromatic rings. The fraction of sp³-hybridized carbons (Fsp3) is 0.0833. The topological polar surface area (TPSA) is 57.6 Å². The van der Waals surface area contributed by atoms with E-state index in [1.54, 1.807) is 24.3 Å². The maximum atomic E-state index is 13.3. The molecule has 4 rings (SSSR count). The van der Waals surface area contributed by atoms with E-state index in [1.165, 1.54) is 29.2 Å².